The van der Waals surface area contributed by atoms with Crippen LogP contribution in [-0.4, -0.2) is 7.11 Å². The van der Waals surface area contributed by atoms with Crippen LogP contribution in [0.15, 0.2) is 60.9 Å². The number of hydrogen-bond acceptors (Lipinski definition) is 1. The van der Waals surface area contributed by atoms with E-state index in [4.69, 9.17) is 4.74 Å². The molecule has 0 spiro atoms. The minimum Gasteiger partial charge on any atom is -0.501 e. The molecule has 0 aromatic heterocycles. The van der Waals surface area contributed by atoms with E-state index in [0.717, 1.165) is 28.9 Å². The Morgan fingerprint density at radius 2 is 1.94 bits per heavy atom. The predicted molar refractivity (Wildman–Crippen MR) is 70.0 cm³/mol. The van der Waals surface area contributed by atoms with E-state index in [2.05, 4.69) is 25.3 Å². The van der Waals surface area contributed by atoms with Crippen molar-refractivity contribution in [3.05, 3.63) is 66.5 Å². The molecule has 16 heavy (non-hydrogen) atoms. The average molecular weight is 214 g/mol. The van der Waals surface area contributed by atoms with Crippen molar-refractivity contribution in [3.63, 3.8) is 0 Å². The van der Waals surface area contributed by atoms with Crippen LogP contribution < -0.4 is 0 Å². The summed E-state index contributed by atoms with van der Waals surface area (Å²) in [6.45, 7) is 9.77. The van der Waals surface area contributed by atoms with Crippen molar-refractivity contribution in [2.24, 2.45) is 0 Å². The third kappa shape index (κ3) is 2.86. The Hall–Kier alpha value is -1.76. The minimum absolute atomic E-state index is 0.769. The Morgan fingerprint density at radius 3 is 2.44 bits per heavy atom. The van der Waals surface area contributed by atoms with Gasteiger partial charge in [-0.25, -0.2) is 0 Å². The van der Waals surface area contributed by atoms with Crippen molar-refractivity contribution in [3.8, 4) is 0 Å². The third-order valence-corrected chi connectivity index (χ3v) is 2.47. The van der Waals surface area contributed by atoms with Gasteiger partial charge in [-0.2, -0.15) is 0 Å². The number of rotatable bonds is 5. The van der Waals surface area contributed by atoms with Gasteiger partial charge in [0.15, 0.2) is 0 Å². The number of methoxy groups -OCH3 is 1. The summed E-state index contributed by atoms with van der Waals surface area (Å²) >= 11 is 0. The average Bonchev–Trinajstić information content (AvgIpc) is 2.31. The van der Waals surface area contributed by atoms with Gasteiger partial charge in [0.05, 0.1) is 7.11 Å². The zero-order valence-electron chi connectivity index (χ0n) is 9.99. The molecule has 0 aliphatic heterocycles. The molecule has 0 aliphatic carbocycles. The molecule has 1 heteroatoms. The van der Waals surface area contributed by atoms with Gasteiger partial charge >= 0.3 is 0 Å². The smallest absolute Gasteiger partial charge is 0.100 e. The molecule has 0 N–H and O–H groups in total. The van der Waals surface area contributed by atoms with Gasteiger partial charge in [-0.3, -0.25) is 0 Å². The van der Waals surface area contributed by atoms with E-state index in [1.807, 2.05) is 31.2 Å². The first kappa shape index (κ1) is 12.3. The second-order valence-corrected chi connectivity index (χ2v) is 3.60. The van der Waals surface area contributed by atoms with Gasteiger partial charge in [0, 0.05) is 5.57 Å². The van der Waals surface area contributed by atoms with Crippen LogP contribution in [0.1, 0.15) is 18.9 Å². The van der Waals surface area contributed by atoms with Crippen LogP contribution in [0.3, 0.4) is 0 Å². The second kappa shape index (κ2) is 5.96. The van der Waals surface area contributed by atoms with E-state index in [1.165, 1.54) is 0 Å². The van der Waals surface area contributed by atoms with Gasteiger partial charge in [0.25, 0.3) is 0 Å². The Morgan fingerprint density at radius 1 is 1.31 bits per heavy atom. The van der Waals surface area contributed by atoms with Crippen LogP contribution in [0.5, 0.6) is 0 Å². The molecule has 1 aromatic carbocycles. The van der Waals surface area contributed by atoms with Crippen LogP contribution in [0.25, 0.3) is 5.57 Å². The molecule has 0 amide bonds. The summed E-state index contributed by atoms with van der Waals surface area (Å²) in [5, 5.41) is 0. The lowest BCUT2D eigenvalue weighted by atomic mass is 9.96. The van der Waals surface area contributed by atoms with Crippen molar-refractivity contribution >= 4 is 5.57 Å². The summed E-state index contributed by atoms with van der Waals surface area (Å²) in [6.07, 6.45) is 2.62. The highest BCUT2D eigenvalue weighted by atomic mass is 16.5. The molecule has 1 nitrogen and oxygen atoms in total. The molecule has 0 bridgehead atoms. The lowest BCUT2D eigenvalue weighted by Crippen LogP contribution is -1.94. The number of allylic oxidation sites excluding steroid dienone is 4. The van der Waals surface area contributed by atoms with Crippen LogP contribution >= 0.6 is 0 Å². The zero-order chi connectivity index (χ0) is 12.0. The molecule has 0 aliphatic rings. The lowest BCUT2D eigenvalue weighted by Gasteiger charge is -2.13. The Labute approximate surface area is 97.8 Å². The maximum atomic E-state index is 5.32. The van der Waals surface area contributed by atoms with E-state index in [9.17, 15) is 0 Å². The van der Waals surface area contributed by atoms with Crippen LogP contribution in [-0.2, 0) is 4.74 Å². The van der Waals surface area contributed by atoms with Gasteiger partial charge in [0.1, 0.15) is 5.76 Å². The molecule has 1 aromatic rings. The van der Waals surface area contributed by atoms with E-state index in [-0.39, 0.29) is 0 Å². The standard InChI is InChI=1S/C15H18O/c1-5-9-12(2)15(13(3)16-4)14-10-7-6-8-11-14/h5-8,10-11H,1-2,9H2,3-4H3/b15-13-. The van der Waals surface area contributed by atoms with Gasteiger partial charge < -0.3 is 4.74 Å². The molecule has 0 saturated carbocycles. The van der Waals surface area contributed by atoms with Crippen LogP contribution in [0, 0.1) is 0 Å². The highest BCUT2D eigenvalue weighted by Gasteiger charge is 2.09. The van der Waals surface area contributed by atoms with Crippen molar-refractivity contribution in [2.45, 2.75) is 13.3 Å². The summed E-state index contributed by atoms with van der Waals surface area (Å²) in [5.41, 5.74) is 3.23. The van der Waals surface area contributed by atoms with E-state index in [0.29, 0.717) is 0 Å². The molecule has 0 fully saturated rings. The number of benzene rings is 1. The van der Waals surface area contributed by atoms with Crippen molar-refractivity contribution in [2.75, 3.05) is 7.11 Å². The Bertz CT molecular complexity index is 399. The van der Waals surface area contributed by atoms with E-state index >= 15 is 0 Å². The molecule has 0 radical (unpaired) electrons. The molecular formula is C15H18O. The summed E-state index contributed by atoms with van der Waals surface area (Å²) in [7, 11) is 1.68. The quantitative estimate of drug-likeness (QED) is 0.405. The third-order valence-electron chi connectivity index (χ3n) is 2.47. The van der Waals surface area contributed by atoms with Crippen molar-refractivity contribution in [1.82, 2.24) is 0 Å². The SMILES string of the molecule is C=CCC(=C)/C(=C(\C)OC)c1ccccc1. The van der Waals surface area contributed by atoms with Gasteiger partial charge in [-0.1, -0.05) is 43.0 Å². The summed E-state index contributed by atoms with van der Waals surface area (Å²) in [5.74, 6) is 0.887. The van der Waals surface area contributed by atoms with Crippen molar-refractivity contribution in [1.29, 1.82) is 0 Å². The molecule has 0 saturated heterocycles. The molecule has 0 heterocycles. The topological polar surface area (TPSA) is 9.23 Å². The molecule has 0 unspecified atom stereocenters. The predicted octanol–water partition coefficient (Wildman–Crippen LogP) is 4.20. The summed E-state index contributed by atoms with van der Waals surface area (Å²) < 4.78 is 5.32. The summed E-state index contributed by atoms with van der Waals surface area (Å²) in [4.78, 5) is 0. The second-order valence-electron chi connectivity index (χ2n) is 3.60. The summed E-state index contributed by atoms with van der Waals surface area (Å²) in [6, 6.07) is 10.1. The normalized spacial score (nSPS) is 11.6. The van der Waals surface area contributed by atoms with E-state index in [1.54, 1.807) is 7.11 Å². The maximum absolute atomic E-state index is 5.32. The lowest BCUT2D eigenvalue weighted by molar-refractivity contribution is 0.296. The number of ether oxygens (including phenoxy) is 1. The largest absolute Gasteiger partial charge is 0.501 e. The van der Waals surface area contributed by atoms with Gasteiger partial charge in [0.2, 0.25) is 0 Å². The monoisotopic (exact) mass is 214 g/mol. The molecule has 1 rings (SSSR count). The Balaban J connectivity index is 3.17. The fourth-order valence-electron chi connectivity index (χ4n) is 1.64. The van der Waals surface area contributed by atoms with E-state index < -0.39 is 0 Å². The zero-order valence-corrected chi connectivity index (χ0v) is 9.99. The first-order valence-corrected chi connectivity index (χ1v) is 5.30. The Kier molecular flexibility index (Phi) is 4.59. The molecular weight excluding hydrogens is 196 g/mol. The molecule has 84 valence electrons. The highest BCUT2D eigenvalue weighted by Crippen LogP contribution is 2.27. The fourth-order valence-corrected chi connectivity index (χ4v) is 1.64. The highest BCUT2D eigenvalue weighted by molar-refractivity contribution is 5.79. The molecule has 0 atom stereocenters. The number of hydrogen-bond donors (Lipinski definition) is 0. The minimum atomic E-state index is 0.769. The van der Waals surface area contributed by atoms with Crippen LogP contribution in [0.2, 0.25) is 0 Å². The van der Waals surface area contributed by atoms with Gasteiger partial charge in [-0.15, -0.1) is 6.58 Å². The fraction of sp³-hybridized carbons (Fsp3) is 0.200. The maximum Gasteiger partial charge on any atom is 0.100 e. The first-order chi connectivity index (χ1) is 7.70. The van der Waals surface area contributed by atoms with Crippen LogP contribution in [0.4, 0.5) is 0 Å². The van der Waals surface area contributed by atoms with Crippen molar-refractivity contribution < 1.29 is 4.74 Å². The van der Waals surface area contributed by atoms with Gasteiger partial charge in [-0.05, 0) is 24.5 Å². The first-order valence-electron chi connectivity index (χ1n) is 5.30.